The minimum atomic E-state index is -0.941. The fourth-order valence-corrected chi connectivity index (χ4v) is 4.70. The van der Waals surface area contributed by atoms with Crippen LogP contribution in [0.4, 0.5) is 0 Å². The van der Waals surface area contributed by atoms with Crippen molar-refractivity contribution in [2.75, 3.05) is 27.4 Å². The Labute approximate surface area is 200 Å². The molecular weight excluding hydrogens is 438 g/mol. The zero-order valence-electron chi connectivity index (χ0n) is 20.7. The maximum absolute atomic E-state index is 13.7. The van der Waals surface area contributed by atoms with Crippen LogP contribution in [0.1, 0.15) is 52.0 Å². The molecule has 0 fully saturated rings. The summed E-state index contributed by atoms with van der Waals surface area (Å²) in [6.07, 6.45) is 1.14. The van der Waals surface area contributed by atoms with E-state index in [-0.39, 0.29) is 18.3 Å². The van der Waals surface area contributed by atoms with E-state index in [1.54, 1.807) is 19.1 Å². The van der Waals surface area contributed by atoms with Crippen LogP contribution in [-0.2, 0) is 23.9 Å². The molecule has 0 amide bonds. The van der Waals surface area contributed by atoms with Crippen LogP contribution in [0.3, 0.4) is 0 Å². The van der Waals surface area contributed by atoms with Gasteiger partial charge in [0.2, 0.25) is 0 Å². The van der Waals surface area contributed by atoms with Gasteiger partial charge in [0, 0.05) is 22.9 Å². The second-order valence-electron chi connectivity index (χ2n) is 8.51. The fraction of sp³-hybridized carbons (Fsp3) is 0.500. The summed E-state index contributed by atoms with van der Waals surface area (Å²) >= 11 is 0. The van der Waals surface area contributed by atoms with Gasteiger partial charge in [-0.15, -0.1) is 0 Å². The molecule has 0 spiro atoms. The van der Waals surface area contributed by atoms with Gasteiger partial charge in [-0.2, -0.15) is 0 Å². The summed E-state index contributed by atoms with van der Waals surface area (Å²) in [4.78, 5) is 39.4. The van der Waals surface area contributed by atoms with Crippen LogP contribution in [0.15, 0.2) is 40.7 Å². The number of hydrogen-bond donors (Lipinski definition) is 1. The van der Waals surface area contributed by atoms with Gasteiger partial charge in [-0.1, -0.05) is 19.9 Å². The molecule has 3 rings (SSSR count). The number of ketones is 1. The molecule has 34 heavy (non-hydrogen) atoms. The normalized spacial score (nSPS) is 22.1. The molecule has 0 unspecified atom stereocenters. The molecule has 1 heterocycles. The molecule has 3 atom stereocenters. The fourth-order valence-electron chi connectivity index (χ4n) is 4.70. The first-order valence-corrected chi connectivity index (χ1v) is 11.6. The SMILES string of the molecule is CCCOC(=O)C1=C(C)NC2=C(C(=O)[C@H](C(=O)OC)[C@@H](C)C2)[C@@H]1c1ccc(OCC)c(OC)c1. The molecule has 1 aliphatic carbocycles. The van der Waals surface area contributed by atoms with Gasteiger partial charge >= 0.3 is 11.9 Å². The van der Waals surface area contributed by atoms with Crippen LogP contribution in [0.2, 0.25) is 0 Å². The number of rotatable bonds is 8. The lowest BCUT2D eigenvalue weighted by atomic mass is 9.69. The van der Waals surface area contributed by atoms with Gasteiger partial charge in [-0.25, -0.2) is 4.79 Å². The van der Waals surface area contributed by atoms with Gasteiger partial charge in [0.1, 0.15) is 5.92 Å². The second-order valence-corrected chi connectivity index (χ2v) is 8.51. The number of hydrogen-bond acceptors (Lipinski definition) is 8. The zero-order valence-corrected chi connectivity index (χ0v) is 20.7. The summed E-state index contributed by atoms with van der Waals surface area (Å²) in [7, 11) is 2.81. The maximum Gasteiger partial charge on any atom is 0.336 e. The Morgan fingerprint density at radius 2 is 1.88 bits per heavy atom. The number of nitrogens with one attached hydrogen (secondary N) is 1. The third-order valence-corrected chi connectivity index (χ3v) is 6.22. The van der Waals surface area contributed by atoms with Gasteiger partial charge in [0.05, 0.1) is 33.0 Å². The monoisotopic (exact) mass is 471 g/mol. The summed E-state index contributed by atoms with van der Waals surface area (Å²) in [5.41, 5.74) is 2.72. The van der Waals surface area contributed by atoms with E-state index < -0.39 is 23.8 Å². The highest BCUT2D eigenvalue weighted by Crippen LogP contribution is 2.46. The Bertz CT molecular complexity index is 1040. The van der Waals surface area contributed by atoms with E-state index in [0.717, 1.165) is 0 Å². The number of carbonyl (C=O) groups excluding carboxylic acids is 3. The van der Waals surface area contributed by atoms with E-state index >= 15 is 0 Å². The summed E-state index contributed by atoms with van der Waals surface area (Å²) in [6, 6.07) is 5.34. The lowest BCUT2D eigenvalue weighted by molar-refractivity contribution is -0.151. The van der Waals surface area contributed by atoms with E-state index in [1.807, 2.05) is 26.8 Å². The highest BCUT2D eigenvalue weighted by atomic mass is 16.5. The van der Waals surface area contributed by atoms with Crippen molar-refractivity contribution in [2.24, 2.45) is 11.8 Å². The van der Waals surface area contributed by atoms with Crippen molar-refractivity contribution in [1.29, 1.82) is 0 Å². The van der Waals surface area contributed by atoms with Gasteiger partial charge in [-0.05, 0) is 50.3 Å². The smallest absolute Gasteiger partial charge is 0.336 e. The number of methoxy groups -OCH3 is 2. The van der Waals surface area contributed by atoms with Crippen molar-refractivity contribution in [3.63, 3.8) is 0 Å². The zero-order chi connectivity index (χ0) is 25.0. The number of esters is 2. The molecule has 1 aliphatic heterocycles. The minimum absolute atomic E-state index is 0.247. The highest BCUT2D eigenvalue weighted by molar-refractivity contribution is 6.12. The third-order valence-electron chi connectivity index (χ3n) is 6.22. The number of ether oxygens (including phenoxy) is 4. The van der Waals surface area contributed by atoms with Gasteiger partial charge < -0.3 is 24.3 Å². The van der Waals surface area contributed by atoms with Crippen LogP contribution in [0.25, 0.3) is 0 Å². The number of dihydropyridines is 1. The van der Waals surface area contributed by atoms with Crippen LogP contribution in [-0.4, -0.2) is 45.2 Å². The van der Waals surface area contributed by atoms with Crippen LogP contribution >= 0.6 is 0 Å². The average Bonchev–Trinajstić information content (AvgIpc) is 2.81. The summed E-state index contributed by atoms with van der Waals surface area (Å²) in [6.45, 7) is 8.16. The quantitative estimate of drug-likeness (QED) is 0.453. The lowest BCUT2D eigenvalue weighted by Crippen LogP contribution is -2.43. The van der Waals surface area contributed by atoms with Gasteiger partial charge in [0.25, 0.3) is 0 Å². The van der Waals surface area contributed by atoms with E-state index in [4.69, 9.17) is 18.9 Å². The Morgan fingerprint density at radius 1 is 1.15 bits per heavy atom. The second kappa shape index (κ2) is 10.8. The highest BCUT2D eigenvalue weighted by Gasteiger charge is 2.47. The molecule has 1 aromatic rings. The van der Waals surface area contributed by atoms with Gasteiger partial charge in [-0.3, -0.25) is 9.59 Å². The van der Waals surface area contributed by atoms with E-state index in [2.05, 4.69) is 5.32 Å². The van der Waals surface area contributed by atoms with Crippen molar-refractivity contribution in [3.8, 4) is 11.5 Å². The molecule has 1 aromatic carbocycles. The first-order chi connectivity index (χ1) is 16.3. The Kier molecular flexibility index (Phi) is 8.02. The molecule has 184 valence electrons. The number of allylic oxidation sites excluding steroid dienone is 3. The molecule has 8 heteroatoms. The van der Waals surface area contributed by atoms with Crippen molar-refractivity contribution in [2.45, 2.75) is 46.5 Å². The number of carbonyl (C=O) groups is 3. The molecule has 0 aromatic heterocycles. The Hall–Kier alpha value is -3.29. The topological polar surface area (TPSA) is 100 Å². The van der Waals surface area contributed by atoms with Gasteiger partial charge in [0.15, 0.2) is 17.3 Å². The molecule has 0 saturated carbocycles. The molecule has 2 aliphatic rings. The molecule has 0 bridgehead atoms. The first kappa shape index (κ1) is 25.3. The first-order valence-electron chi connectivity index (χ1n) is 11.6. The number of benzene rings is 1. The minimum Gasteiger partial charge on any atom is -0.493 e. The predicted molar refractivity (Wildman–Crippen MR) is 125 cm³/mol. The molecule has 1 N–H and O–H groups in total. The van der Waals surface area contributed by atoms with E-state index in [1.165, 1.54) is 14.2 Å². The predicted octanol–water partition coefficient (Wildman–Crippen LogP) is 3.66. The van der Waals surface area contributed by atoms with Crippen LogP contribution in [0, 0.1) is 11.8 Å². The summed E-state index contributed by atoms with van der Waals surface area (Å²) in [5, 5.41) is 3.25. The lowest BCUT2D eigenvalue weighted by Gasteiger charge is -2.38. The van der Waals surface area contributed by atoms with Crippen LogP contribution < -0.4 is 14.8 Å². The third kappa shape index (κ3) is 4.67. The van der Waals surface area contributed by atoms with E-state index in [9.17, 15) is 14.4 Å². The Morgan fingerprint density at radius 3 is 2.50 bits per heavy atom. The van der Waals surface area contributed by atoms with Crippen molar-refractivity contribution in [1.82, 2.24) is 5.32 Å². The number of Topliss-reactive ketones (excluding diaryl/α,β-unsaturated/α-hetero) is 1. The standard InChI is InChI=1S/C26H33NO7/c1-7-11-34-26(30)21-15(4)27-17-12-14(3)20(25(29)32-6)24(28)23(17)22(21)16-9-10-18(33-8-2)19(13-16)31-5/h9-10,13-14,20,22,27H,7-8,11-12H2,1-6H3/t14-,20+,22+/m0/s1. The molecule has 0 saturated heterocycles. The molecule has 0 radical (unpaired) electrons. The maximum atomic E-state index is 13.7. The summed E-state index contributed by atoms with van der Waals surface area (Å²) in [5.74, 6) is -2.29. The summed E-state index contributed by atoms with van der Waals surface area (Å²) < 4.78 is 21.6. The van der Waals surface area contributed by atoms with Crippen molar-refractivity contribution < 1.29 is 33.3 Å². The molecular formula is C26H33NO7. The van der Waals surface area contributed by atoms with Crippen LogP contribution in [0.5, 0.6) is 11.5 Å². The largest absolute Gasteiger partial charge is 0.493 e. The van der Waals surface area contributed by atoms with Crippen molar-refractivity contribution >= 4 is 17.7 Å². The van der Waals surface area contributed by atoms with E-state index in [0.29, 0.717) is 59.1 Å². The molecule has 8 nitrogen and oxygen atoms in total. The average molecular weight is 472 g/mol. The van der Waals surface area contributed by atoms with Crippen molar-refractivity contribution in [3.05, 3.63) is 46.3 Å². The Balaban J connectivity index is 2.19.